The summed E-state index contributed by atoms with van der Waals surface area (Å²) in [7, 11) is 0. The number of hydrogen-bond acceptors (Lipinski definition) is 4. The predicted molar refractivity (Wildman–Crippen MR) is 54.7 cm³/mol. The molecule has 0 aliphatic heterocycles. The van der Waals surface area contributed by atoms with Gasteiger partial charge in [-0.1, -0.05) is 12.2 Å². The Bertz CT molecular complexity index is 298. The van der Waals surface area contributed by atoms with E-state index in [-0.39, 0.29) is 13.0 Å². The first-order chi connectivity index (χ1) is 7.40. The number of hydrogen-bond donors (Lipinski definition) is 3. The van der Waals surface area contributed by atoms with Gasteiger partial charge in [0.2, 0.25) is 0 Å². The minimum absolute atomic E-state index is 0.227. The van der Waals surface area contributed by atoms with Crippen LogP contribution in [0.15, 0.2) is 25.3 Å². The third kappa shape index (κ3) is 3.18. The zero-order chi connectivity index (χ0) is 12.8. The highest BCUT2D eigenvalue weighted by Gasteiger charge is 2.49. The third-order valence-corrected chi connectivity index (χ3v) is 1.90. The minimum Gasteiger partial charge on any atom is -0.481 e. The van der Waals surface area contributed by atoms with E-state index in [1.165, 1.54) is 12.2 Å². The molecule has 0 saturated carbocycles. The van der Waals surface area contributed by atoms with Crippen molar-refractivity contribution in [2.24, 2.45) is 5.92 Å². The van der Waals surface area contributed by atoms with E-state index in [0.29, 0.717) is 0 Å². The summed E-state index contributed by atoms with van der Waals surface area (Å²) >= 11 is 0. The molecule has 90 valence electrons. The standard InChI is InChI=1S/C10H14O6/c1-3-5-7(8(11)12)10(15,9(13)14)16-6-4-2/h3-4,7,15H,1-2,5-6H2,(H,11,12)(H,13,14). The topological polar surface area (TPSA) is 104 Å². The predicted octanol–water partition coefficient (Wildman–Crippen LogP) is 0.239. The van der Waals surface area contributed by atoms with Crippen molar-refractivity contribution in [2.75, 3.05) is 6.61 Å². The van der Waals surface area contributed by atoms with E-state index in [4.69, 9.17) is 10.2 Å². The van der Waals surface area contributed by atoms with E-state index in [2.05, 4.69) is 17.9 Å². The number of carboxylic acid groups (broad SMARTS) is 2. The lowest BCUT2D eigenvalue weighted by Gasteiger charge is -2.28. The van der Waals surface area contributed by atoms with Crippen molar-refractivity contribution in [3.8, 4) is 0 Å². The molecule has 0 rings (SSSR count). The Morgan fingerprint density at radius 2 is 1.88 bits per heavy atom. The number of allylic oxidation sites excluding steroid dienone is 1. The van der Waals surface area contributed by atoms with Crippen LogP contribution in [-0.4, -0.2) is 39.7 Å². The first-order valence-electron chi connectivity index (χ1n) is 4.44. The number of ether oxygens (including phenoxy) is 1. The van der Waals surface area contributed by atoms with Crippen molar-refractivity contribution in [3.63, 3.8) is 0 Å². The highest BCUT2D eigenvalue weighted by atomic mass is 16.6. The van der Waals surface area contributed by atoms with Crippen LogP contribution in [0.3, 0.4) is 0 Å². The highest BCUT2D eigenvalue weighted by Crippen LogP contribution is 2.24. The molecule has 2 unspecified atom stereocenters. The Kier molecular flexibility index (Phi) is 5.41. The van der Waals surface area contributed by atoms with Crippen molar-refractivity contribution in [2.45, 2.75) is 12.2 Å². The summed E-state index contributed by atoms with van der Waals surface area (Å²) < 4.78 is 4.63. The quantitative estimate of drug-likeness (QED) is 0.407. The van der Waals surface area contributed by atoms with E-state index in [1.807, 2.05) is 0 Å². The van der Waals surface area contributed by atoms with Crippen LogP contribution in [0.2, 0.25) is 0 Å². The molecule has 0 aliphatic rings. The van der Waals surface area contributed by atoms with Gasteiger partial charge in [0.05, 0.1) is 6.61 Å². The summed E-state index contributed by atoms with van der Waals surface area (Å²) in [5.74, 6) is -7.64. The molecule has 6 heteroatoms. The maximum absolute atomic E-state index is 10.8. The summed E-state index contributed by atoms with van der Waals surface area (Å²) in [5, 5.41) is 27.3. The molecule has 6 nitrogen and oxygen atoms in total. The minimum atomic E-state index is -2.78. The smallest absolute Gasteiger partial charge is 0.365 e. The van der Waals surface area contributed by atoms with Crippen molar-refractivity contribution in [1.82, 2.24) is 0 Å². The molecule has 0 spiro atoms. The van der Waals surface area contributed by atoms with Gasteiger partial charge < -0.3 is 20.1 Å². The first-order valence-corrected chi connectivity index (χ1v) is 4.44. The second kappa shape index (κ2) is 6.04. The molecule has 0 saturated heterocycles. The van der Waals surface area contributed by atoms with Crippen LogP contribution in [0.4, 0.5) is 0 Å². The number of carboxylic acids is 2. The average Bonchev–Trinajstić information content (AvgIpc) is 2.21. The van der Waals surface area contributed by atoms with Gasteiger partial charge in [-0.15, -0.1) is 13.2 Å². The van der Waals surface area contributed by atoms with Crippen molar-refractivity contribution < 1.29 is 29.6 Å². The average molecular weight is 230 g/mol. The van der Waals surface area contributed by atoms with Gasteiger partial charge >= 0.3 is 11.9 Å². The van der Waals surface area contributed by atoms with Crippen LogP contribution in [0.5, 0.6) is 0 Å². The Morgan fingerprint density at radius 3 is 2.19 bits per heavy atom. The molecule has 0 fully saturated rings. The third-order valence-electron chi connectivity index (χ3n) is 1.90. The summed E-state index contributed by atoms with van der Waals surface area (Å²) in [5.41, 5.74) is 0. The van der Waals surface area contributed by atoms with Gasteiger partial charge in [-0.05, 0) is 6.42 Å². The number of rotatable bonds is 8. The molecule has 0 bridgehead atoms. The van der Waals surface area contributed by atoms with Gasteiger partial charge in [0.1, 0.15) is 5.92 Å². The lowest BCUT2D eigenvalue weighted by Crippen LogP contribution is -2.51. The molecular weight excluding hydrogens is 216 g/mol. The molecule has 0 aromatic heterocycles. The molecule has 0 aliphatic carbocycles. The zero-order valence-corrected chi connectivity index (χ0v) is 8.63. The van der Waals surface area contributed by atoms with E-state index >= 15 is 0 Å². The SMILES string of the molecule is C=CCOC(O)(C(=O)O)C(CC=C)C(=O)O. The van der Waals surface area contributed by atoms with Gasteiger partial charge in [-0.2, -0.15) is 0 Å². The zero-order valence-electron chi connectivity index (χ0n) is 8.63. The van der Waals surface area contributed by atoms with Crippen LogP contribution in [0.25, 0.3) is 0 Å². The van der Waals surface area contributed by atoms with Crippen molar-refractivity contribution in [3.05, 3.63) is 25.3 Å². The maximum atomic E-state index is 10.8. The van der Waals surface area contributed by atoms with Crippen molar-refractivity contribution >= 4 is 11.9 Å². The van der Waals surface area contributed by atoms with E-state index in [9.17, 15) is 14.7 Å². The van der Waals surface area contributed by atoms with Gasteiger partial charge in [0, 0.05) is 0 Å². The molecule has 3 N–H and O–H groups in total. The monoisotopic (exact) mass is 230 g/mol. The van der Waals surface area contributed by atoms with Crippen LogP contribution < -0.4 is 0 Å². The number of carbonyl (C=O) groups is 2. The molecule has 16 heavy (non-hydrogen) atoms. The van der Waals surface area contributed by atoms with E-state index < -0.39 is 23.6 Å². The molecule has 0 heterocycles. The van der Waals surface area contributed by atoms with Gasteiger partial charge in [-0.25, -0.2) is 4.79 Å². The fourth-order valence-electron chi connectivity index (χ4n) is 1.09. The fraction of sp³-hybridized carbons (Fsp3) is 0.400. The summed E-state index contributed by atoms with van der Waals surface area (Å²) in [6.45, 7) is 6.30. The van der Waals surface area contributed by atoms with E-state index in [0.717, 1.165) is 0 Å². The maximum Gasteiger partial charge on any atom is 0.365 e. The Hall–Kier alpha value is -1.66. The Balaban J connectivity index is 5.09. The van der Waals surface area contributed by atoms with Gasteiger partial charge in [0.25, 0.3) is 5.79 Å². The second-order valence-corrected chi connectivity index (χ2v) is 3.02. The molecular formula is C10H14O6. The van der Waals surface area contributed by atoms with Crippen molar-refractivity contribution in [1.29, 1.82) is 0 Å². The molecule has 2 atom stereocenters. The normalized spacial score (nSPS) is 15.8. The molecule has 0 aromatic carbocycles. The van der Waals surface area contributed by atoms with Gasteiger partial charge in [-0.3, -0.25) is 4.79 Å². The molecule has 0 aromatic rings. The number of aliphatic hydroxyl groups is 1. The highest BCUT2D eigenvalue weighted by molar-refractivity contribution is 5.84. The lowest BCUT2D eigenvalue weighted by molar-refractivity contribution is -0.242. The van der Waals surface area contributed by atoms with E-state index in [1.54, 1.807) is 0 Å². The van der Waals surface area contributed by atoms with Gasteiger partial charge in [0.15, 0.2) is 0 Å². The summed E-state index contributed by atoms with van der Waals surface area (Å²) in [6, 6.07) is 0. The summed E-state index contributed by atoms with van der Waals surface area (Å²) in [4.78, 5) is 21.7. The second-order valence-electron chi connectivity index (χ2n) is 3.02. The first kappa shape index (κ1) is 14.3. The van der Waals surface area contributed by atoms with Crippen LogP contribution in [-0.2, 0) is 14.3 Å². The Labute approximate surface area is 92.5 Å². The van der Waals surface area contributed by atoms with Crippen LogP contribution >= 0.6 is 0 Å². The largest absolute Gasteiger partial charge is 0.481 e. The Morgan fingerprint density at radius 1 is 1.31 bits per heavy atom. The molecule has 0 radical (unpaired) electrons. The lowest BCUT2D eigenvalue weighted by atomic mass is 9.95. The number of aliphatic carboxylic acids is 2. The van der Waals surface area contributed by atoms with Crippen LogP contribution in [0, 0.1) is 5.92 Å². The fourth-order valence-corrected chi connectivity index (χ4v) is 1.09. The van der Waals surface area contributed by atoms with Crippen LogP contribution in [0.1, 0.15) is 6.42 Å². The molecule has 0 amide bonds. The summed E-state index contributed by atoms with van der Waals surface area (Å²) in [6.07, 6.45) is 2.18.